The van der Waals surface area contributed by atoms with E-state index in [0.717, 1.165) is 5.56 Å². The summed E-state index contributed by atoms with van der Waals surface area (Å²) in [6.45, 7) is 1.02. The van der Waals surface area contributed by atoms with E-state index in [-0.39, 0.29) is 18.8 Å². The molecule has 0 fully saturated rings. The second-order valence-corrected chi connectivity index (χ2v) is 6.97. The fourth-order valence-electron chi connectivity index (χ4n) is 2.65. The van der Waals surface area contributed by atoms with E-state index in [9.17, 15) is 29.4 Å². The van der Waals surface area contributed by atoms with Gasteiger partial charge in [-0.15, -0.1) is 0 Å². The van der Waals surface area contributed by atoms with Crippen molar-refractivity contribution in [3.05, 3.63) is 65.7 Å². The number of carboxylic acids is 1. The first-order valence-corrected chi connectivity index (χ1v) is 9.79. The molecule has 2 aromatic rings. The van der Waals surface area contributed by atoms with Gasteiger partial charge in [0.2, 0.25) is 11.8 Å². The van der Waals surface area contributed by atoms with Crippen molar-refractivity contribution in [1.82, 2.24) is 16.0 Å². The minimum atomic E-state index is -1.24. The van der Waals surface area contributed by atoms with Crippen LogP contribution < -0.4 is 16.0 Å². The number of ether oxygens (including phenoxy) is 1. The molecule has 0 spiro atoms. The Balaban J connectivity index is 1.75. The number of aromatic hydroxyl groups is 1. The third-order valence-corrected chi connectivity index (χ3v) is 4.37. The standard InChI is InChI=1S/C22H25N3O7/c1-14(20(28)25-18(21(29)30)11-15-7-9-17(26)10-8-15)24-19(27)12-23-22(31)32-13-16-5-3-2-4-6-16/h2-10,14,18,26H,11-13H2,1H3,(H,23,31)(H,24,27)(H,25,28)(H,29,30)/t14-,18-/m0/s1. The van der Waals surface area contributed by atoms with Gasteiger partial charge in [0, 0.05) is 6.42 Å². The van der Waals surface area contributed by atoms with E-state index in [1.807, 2.05) is 6.07 Å². The fraction of sp³-hybridized carbons (Fsp3) is 0.273. The lowest BCUT2D eigenvalue weighted by Crippen LogP contribution is -2.52. The van der Waals surface area contributed by atoms with Crippen LogP contribution in [0.5, 0.6) is 5.75 Å². The Kier molecular flexibility index (Phi) is 9.03. The van der Waals surface area contributed by atoms with Gasteiger partial charge in [-0.05, 0) is 30.2 Å². The highest BCUT2D eigenvalue weighted by molar-refractivity contribution is 5.91. The van der Waals surface area contributed by atoms with Gasteiger partial charge in [0.25, 0.3) is 0 Å². The Morgan fingerprint density at radius 1 is 0.938 bits per heavy atom. The molecular weight excluding hydrogens is 418 g/mol. The number of benzene rings is 2. The van der Waals surface area contributed by atoms with Crippen molar-refractivity contribution in [2.24, 2.45) is 0 Å². The van der Waals surface area contributed by atoms with Crippen molar-refractivity contribution in [3.8, 4) is 5.75 Å². The third kappa shape index (κ3) is 8.34. The number of alkyl carbamates (subject to hydrolysis) is 1. The molecule has 0 radical (unpaired) electrons. The van der Waals surface area contributed by atoms with Crippen LogP contribution in [-0.4, -0.2) is 52.7 Å². The van der Waals surface area contributed by atoms with Gasteiger partial charge >= 0.3 is 12.1 Å². The molecule has 0 aliphatic heterocycles. The summed E-state index contributed by atoms with van der Waals surface area (Å²) in [7, 11) is 0. The molecule has 0 saturated carbocycles. The predicted molar refractivity (Wildman–Crippen MR) is 114 cm³/mol. The Bertz CT molecular complexity index is 932. The molecule has 0 aromatic heterocycles. The number of nitrogens with one attached hydrogen (secondary N) is 3. The van der Waals surface area contributed by atoms with Gasteiger partial charge in [-0.2, -0.15) is 0 Å². The van der Waals surface area contributed by atoms with Crippen LogP contribution in [0.2, 0.25) is 0 Å². The summed E-state index contributed by atoms with van der Waals surface area (Å²) in [5.74, 6) is -2.54. The largest absolute Gasteiger partial charge is 0.508 e. The summed E-state index contributed by atoms with van der Waals surface area (Å²) >= 11 is 0. The number of rotatable bonds is 10. The quantitative estimate of drug-likeness (QED) is 0.366. The molecule has 32 heavy (non-hydrogen) atoms. The number of carboxylic acid groups (broad SMARTS) is 1. The summed E-state index contributed by atoms with van der Waals surface area (Å²) in [4.78, 5) is 47.4. The zero-order chi connectivity index (χ0) is 23.5. The van der Waals surface area contributed by atoms with Gasteiger partial charge < -0.3 is 30.9 Å². The zero-order valence-corrected chi connectivity index (χ0v) is 17.4. The van der Waals surface area contributed by atoms with Gasteiger partial charge in [0.1, 0.15) is 31.0 Å². The SMILES string of the molecule is C[C@H](NC(=O)CNC(=O)OCc1ccccc1)C(=O)N[C@@H](Cc1ccc(O)cc1)C(=O)O. The maximum absolute atomic E-state index is 12.3. The average molecular weight is 443 g/mol. The lowest BCUT2D eigenvalue weighted by molar-refractivity contribution is -0.142. The number of carbonyl (C=O) groups is 4. The molecule has 10 nitrogen and oxygen atoms in total. The van der Waals surface area contributed by atoms with Crippen LogP contribution in [0.15, 0.2) is 54.6 Å². The molecule has 0 bridgehead atoms. The molecule has 5 N–H and O–H groups in total. The molecule has 2 atom stereocenters. The summed E-state index contributed by atoms with van der Waals surface area (Å²) < 4.78 is 4.98. The fourth-order valence-corrected chi connectivity index (χ4v) is 2.65. The lowest BCUT2D eigenvalue weighted by Gasteiger charge is -2.19. The van der Waals surface area contributed by atoms with Crippen LogP contribution in [0.3, 0.4) is 0 Å². The third-order valence-electron chi connectivity index (χ3n) is 4.37. The van der Waals surface area contributed by atoms with Crippen LogP contribution in [0, 0.1) is 0 Å². The van der Waals surface area contributed by atoms with E-state index in [0.29, 0.717) is 5.56 Å². The Hall–Kier alpha value is -4.08. The first-order chi connectivity index (χ1) is 15.2. The van der Waals surface area contributed by atoms with Crippen LogP contribution in [0.25, 0.3) is 0 Å². The van der Waals surface area contributed by atoms with Crippen molar-refractivity contribution in [3.63, 3.8) is 0 Å². The van der Waals surface area contributed by atoms with Crippen LogP contribution >= 0.6 is 0 Å². The number of amides is 3. The van der Waals surface area contributed by atoms with E-state index in [2.05, 4.69) is 16.0 Å². The molecule has 10 heteroatoms. The van der Waals surface area contributed by atoms with Crippen LogP contribution in [0.4, 0.5) is 4.79 Å². The molecule has 0 saturated heterocycles. The van der Waals surface area contributed by atoms with Crippen molar-refractivity contribution in [1.29, 1.82) is 0 Å². The van der Waals surface area contributed by atoms with Gasteiger partial charge in [-0.1, -0.05) is 42.5 Å². The van der Waals surface area contributed by atoms with Gasteiger partial charge in [-0.25, -0.2) is 9.59 Å². The number of aliphatic carboxylic acids is 1. The number of phenolic OH excluding ortho intramolecular Hbond substituents is 1. The zero-order valence-electron chi connectivity index (χ0n) is 17.4. The molecule has 170 valence electrons. The smallest absolute Gasteiger partial charge is 0.407 e. The highest BCUT2D eigenvalue weighted by Gasteiger charge is 2.24. The highest BCUT2D eigenvalue weighted by atomic mass is 16.5. The summed E-state index contributed by atoms with van der Waals surface area (Å²) in [5.41, 5.74) is 1.39. The summed E-state index contributed by atoms with van der Waals surface area (Å²) in [5, 5.41) is 25.7. The average Bonchev–Trinajstić information content (AvgIpc) is 2.77. The van der Waals surface area contributed by atoms with Crippen LogP contribution in [0.1, 0.15) is 18.1 Å². The van der Waals surface area contributed by atoms with Crippen molar-refractivity contribution in [2.75, 3.05) is 6.54 Å². The molecule has 0 aliphatic carbocycles. The molecule has 2 rings (SSSR count). The minimum Gasteiger partial charge on any atom is -0.508 e. The normalized spacial score (nSPS) is 12.2. The molecular formula is C22H25N3O7. The molecule has 2 aromatic carbocycles. The van der Waals surface area contributed by atoms with Gasteiger partial charge in [0.15, 0.2) is 0 Å². The molecule has 0 unspecified atom stereocenters. The topological polar surface area (TPSA) is 154 Å². The first kappa shape index (κ1) is 24.2. The maximum Gasteiger partial charge on any atom is 0.407 e. The monoisotopic (exact) mass is 443 g/mol. The highest BCUT2D eigenvalue weighted by Crippen LogP contribution is 2.11. The maximum atomic E-state index is 12.3. The molecule has 3 amide bonds. The second-order valence-electron chi connectivity index (χ2n) is 6.97. The number of hydrogen-bond donors (Lipinski definition) is 5. The summed E-state index contributed by atoms with van der Waals surface area (Å²) in [6.07, 6.45) is -0.794. The van der Waals surface area contributed by atoms with E-state index >= 15 is 0 Å². The number of hydrogen-bond acceptors (Lipinski definition) is 6. The van der Waals surface area contributed by atoms with E-state index < -0.39 is 42.5 Å². The van der Waals surface area contributed by atoms with Gasteiger partial charge in [-0.3, -0.25) is 9.59 Å². The van der Waals surface area contributed by atoms with Crippen LogP contribution in [-0.2, 0) is 32.1 Å². The molecule has 0 aliphatic rings. The molecule has 0 heterocycles. The lowest BCUT2D eigenvalue weighted by atomic mass is 10.1. The number of carbonyl (C=O) groups excluding carboxylic acids is 3. The van der Waals surface area contributed by atoms with E-state index in [1.165, 1.54) is 19.1 Å². The van der Waals surface area contributed by atoms with Gasteiger partial charge in [0.05, 0.1) is 0 Å². The Morgan fingerprint density at radius 2 is 1.59 bits per heavy atom. The van der Waals surface area contributed by atoms with Crippen molar-refractivity contribution >= 4 is 23.9 Å². The number of phenols is 1. The van der Waals surface area contributed by atoms with E-state index in [1.54, 1.807) is 36.4 Å². The first-order valence-electron chi connectivity index (χ1n) is 9.79. The Labute approximate surface area is 184 Å². The summed E-state index contributed by atoms with van der Waals surface area (Å²) in [6, 6.07) is 12.7. The van der Waals surface area contributed by atoms with Crippen molar-refractivity contribution in [2.45, 2.75) is 32.0 Å². The van der Waals surface area contributed by atoms with E-state index in [4.69, 9.17) is 4.74 Å². The second kappa shape index (κ2) is 11.9. The minimum absolute atomic E-state index is 0.00314. The predicted octanol–water partition coefficient (Wildman–Crippen LogP) is 0.935. The van der Waals surface area contributed by atoms with Crippen molar-refractivity contribution < 1.29 is 34.1 Å². The Morgan fingerprint density at radius 3 is 2.22 bits per heavy atom.